The fourth-order valence-corrected chi connectivity index (χ4v) is 2.65. The lowest BCUT2D eigenvalue weighted by molar-refractivity contribution is 0.358. The molecule has 0 saturated heterocycles. The average molecular weight is 285 g/mol. The molecule has 0 spiro atoms. The lowest BCUT2D eigenvalue weighted by Crippen LogP contribution is -2.33. The first-order valence-corrected chi connectivity index (χ1v) is 7.89. The first kappa shape index (κ1) is 16.1. The fourth-order valence-electron chi connectivity index (χ4n) is 1.58. The number of rotatable bonds is 7. The zero-order valence-corrected chi connectivity index (χ0v) is 12.6. The summed E-state index contributed by atoms with van der Waals surface area (Å²) in [6.45, 7) is 5.83. The summed E-state index contributed by atoms with van der Waals surface area (Å²) in [4.78, 5) is 2.31. The van der Waals surface area contributed by atoms with Crippen LogP contribution in [-0.2, 0) is 10.0 Å². The summed E-state index contributed by atoms with van der Waals surface area (Å²) < 4.78 is 26.8. The molecular formula is C13H23N3O2S. The number of sulfonamides is 1. The number of nitrogens with two attached hydrogens (primary N) is 1. The Morgan fingerprint density at radius 1 is 1.42 bits per heavy atom. The molecule has 1 atom stereocenters. The summed E-state index contributed by atoms with van der Waals surface area (Å²) in [5.74, 6) is 0. The molecule has 0 fully saturated rings. The molecule has 0 amide bonds. The standard InChI is InChI=1S/C13H23N3O2S/c1-4-16(3)9-8-15-19(17,18)13-7-5-6-12(10-13)11(2)14/h5-7,10-11,15H,4,8-9,14H2,1-3H3. The second-order valence-corrected chi connectivity index (χ2v) is 6.42. The number of hydrogen-bond donors (Lipinski definition) is 2. The molecule has 0 saturated carbocycles. The summed E-state index contributed by atoms with van der Waals surface area (Å²) >= 11 is 0. The monoisotopic (exact) mass is 285 g/mol. The normalized spacial score (nSPS) is 13.7. The van der Waals surface area contributed by atoms with Gasteiger partial charge in [0.2, 0.25) is 10.0 Å². The summed E-state index contributed by atoms with van der Waals surface area (Å²) in [5.41, 5.74) is 6.58. The highest BCUT2D eigenvalue weighted by Gasteiger charge is 2.14. The fraction of sp³-hybridized carbons (Fsp3) is 0.538. The molecular weight excluding hydrogens is 262 g/mol. The topological polar surface area (TPSA) is 75.4 Å². The van der Waals surface area contributed by atoms with Gasteiger partial charge in [0.25, 0.3) is 0 Å². The minimum atomic E-state index is -3.45. The Balaban J connectivity index is 2.74. The number of nitrogens with zero attached hydrogens (tertiary/aromatic N) is 1. The van der Waals surface area contributed by atoms with Crippen LogP contribution in [-0.4, -0.2) is 40.0 Å². The summed E-state index contributed by atoms with van der Waals surface area (Å²) in [5, 5.41) is 0. The number of nitrogens with one attached hydrogen (secondary N) is 1. The van der Waals surface area contributed by atoms with Crippen molar-refractivity contribution in [3.63, 3.8) is 0 Å². The van der Waals surface area contributed by atoms with E-state index in [4.69, 9.17) is 5.73 Å². The third-order valence-electron chi connectivity index (χ3n) is 3.02. The average Bonchev–Trinajstić information content (AvgIpc) is 2.38. The SMILES string of the molecule is CCN(C)CCNS(=O)(=O)c1cccc(C(C)N)c1. The van der Waals surface area contributed by atoms with Gasteiger partial charge >= 0.3 is 0 Å². The van der Waals surface area contributed by atoms with Crippen LogP contribution in [0.25, 0.3) is 0 Å². The minimum absolute atomic E-state index is 0.179. The molecule has 1 aromatic carbocycles. The molecule has 0 aliphatic carbocycles. The summed E-state index contributed by atoms with van der Waals surface area (Å²) in [6, 6.07) is 6.57. The molecule has 0 aromatic heterocycles. The third-order valence-corrected chi connectivity index (χ3v) is 4.48. The Labute approximate surface area is 115 Å². The molecule has 1 rings (SSSR count). The van der Waals surface area contributed by atoms with Crippen molar-refractivity contribution in [1.29, 1.82) is 0 Å². The van der Waals surface area contributed by atoms with Crippen LogP contribution in [0.2, 0.25) is 0 Å². The molecule has 6 heteroatoms. The van der Waals surface area contributed by atoms with Crippen LogP contribution in [0, 0.1) is 0 Å². The predicted octanol–water partition coefficient (Wildman–Crippen LogP) is 0.936. The number of benzene rings is 1. The lowest BCUT2D eigenvalue weighted by Gasteiger charge is -2.14. The van der Waals surface area contributed by atoms with Crippen molar-refractivity contribution < 1.29 is 8.42 Å². The molecule has 0 heterocycles. The highest BCUT2D eigenvalue weighted by atomic mass is 32.2. The van der Waals surface area contributed by atoms with E-state index in [2.05, 4.69) is 4.72 Å². The van der Waals surface area contributed by atoms with Crippen molar-refractivity contribution in [1.82, 2.24) is 9.62 Å². The van der Waals surface area contributed by atoms with E-state index in [-0.39, 0.29) is 10.9 Å². The van der Waals surface area contributed by atoms with Gasteiger partial charge in [-0.05, 0) is 38.2 Å². The van der Waals surface area contributed by atoms with Crippen molar-refractivity contribution in [3.05, 3.63) is 29.8 Å². The quantitative estimate of drug-likeness (QED) is 0.781. The van der Waals surface area contributed by atoms with Crippen LogP contribution in [0.1, 0.15) is 25.5 Å². The van der Waals surface area contributed by atoms with Gasteiger partial charge in [0.1, 0.15) is 0 Å². The molecule has 5 nitrogen and oxygen atoms in total. The van der Waals surface area contributed by atoms with Gasteiger partial charge in [0.15, 0.2) is 0 Å². The van der Waals surface area contributed by atoms with Crippen LogP contribution in [0.5, 0.6) is 0 Å². The summed E-state index contributed by atoms with van der Waals surface area (Å²) in [7, 11) is -1.50. The minimum Gasteiger partial charge on any atom is -0.324 e. The van der Waals surface area contributed by atoms with Gasteiger partial charge < -0.3 is 10.6 Å². The Morgan fingerprint density at radius 3 is 2.68 bits per heavy atom. The van der Waals surface area contributed by atoms with Crippen LogP contribution in [0.15, 0.2) is 29.2 Å². The lowest BCUT2D eigenvalue weighted by atomic mass is 10.1. The third kappa shape index (κ3) is 4.91. The van der Waals surface area contributed by atoms with E-state index in [1.165, 1.54) is 0 Å². The Bertz CT molecular complexity index is 500. The van der Waals surface area contributed by atoms with Gasteiger partial charge in [-0.2, -0.15) is 0 Å². The first-order valence-electron chi connectivity index (χ1n) is 6.40. The largest absolute Gasteiger partial charge is 0.324 e. The second kappa shape index (κ2) is 7.00. The maximum Gasteiger partial charge on any atom is 0.240 e. The Morgan fingerprint density at radius 2 is 2.11 bits per heavy atom. The van der Waals surface area contributed by atoms with Crippen LogP contribution in [0.3, 0.4) is 0 Å². The molecule has 0 radical (unpaired) electrons. The van der Waals surface area contributed by atoms with Gasteiger partial charge in [0, 0.05) is 19.1 Å². The Hall–Kier alpha value is -0.950. The van der Waals surface area contributed by atoms with E-state index in [0.29, 0.717) is 13.1 Å². The number of likely N-dealkylation sites (N-methyl/N-ethyl adjacent to an activating group) is 1. The molecule has 0 aliphatic rings. The highest BCUT2D eigenvalue weighted by Crippen LogP contribution is 2.15. The zero-order chi connectivity index (χ0) is 14.5. The zero-order valence-electron chi connectivity index (χ0n) is 11.8. The van der Waals surface area contributed by atoms with Crippen LogP contribution >= 0.6 is 0 Å². The second-order valence-electron chi connectivity index (χ2n) is 4.65. The van der Waals surface area contributed by atoms with E-state index in [0.717, 1.165) is 12.1 Å². The molecule has 0 bridgehead atoms. The van der Waals surface area contributed by atoms with Crippen molar-refractivity contribution >= 4 is 10.0 Å². The van der Waals surface area contributed by atoms with Crippen LogP contribution in [0.4, 0.5) is 0 Å². The van der Waals surface area contributed by atoms with Gasteiger partial charge in [-0.1, -0.05) is 19.1 Å². The van der Waals surface area contributed by atoms with E-state index in [1.807, 2.05) is 31.9 Å². The van der Waals surface area contributed by atoms with E-state index in [1.54, 1.807) is 18.2 Å². The molecule has 3 N–H and O–H groups in total. The van der Waals surface area contributed by atoms with E-state index < -0.39 is 10.0 Å². The van der Waals surface area contributed by atoms with Gasteiger partial charge in [-0.3, -0.25) is 0 Å². The predicted molar refractivity (Wildman–Crippen MR) is 77.4 cm³/mol. The van der Waals surface area contributed by atoms with Gasteiger partial charge in [-0.15, -0.1) is 0 Å². The van der Waals surface area contributed by atoms with E-state index >= 15 is 0 Å². The molecule has 1 unspecified atom stereocenters. The smallest absolute Gasteiger partial charge is 0.240 e. The molecule has 1 aromatic rings. The van der Waals surface area contributed by atoms with Crippen molar-refractivity contribution in [2.75, 3.05) is 26.7 Å². The summed E-state index contributed by atoms with van der Waals surface area (Å²) in [6.07, 6.45) is 0. The number of hydrogen-bond acceptors (Lipinski definition) is 4. The van der Waals surface area contributed by atoms with Crippen molar-refractivity contribution in [3.8, 4) is 0 Å². The first-order chi connectivity index (χ1) is 8.86. The molecule has 19 heavy (non-hydrogen) atoms. The van der Waals surface area contributed by atoms with Crippen molar-refractivity contribution in [2.45, 2.75) is 24.8 Å². The van der Waals surface area contributed by atoms with Gasteiger partial charge in [0.05, 0.1) is 4.90 Å². The molecule has 108 valence electrons. The maximum atomic E-state index is 12.1. The maximum absolute atomic E-state index is 12.1. The Kier molecular flexibility index (Phi) is 5.93. The van der Waals surface area contributed by atoms with Crippen molar-refractivity contribution in [2.24, 2.45) is 5.73 Å². The molecule has 0 aliphatic heterocycles. The van der Waals surface area contributed by atoms with E-state index in [9.17, 15) is 8.42 Å². The van der Waals surface area contributed by atoms with Gasteiger partial charge in [-0.25, -0.2) is 13.1 Å². The van der Waals surface area contributed by atoms with Crippen LogP contribution < -0.4 is 10.5 Å². The highest BCUT2D eigenvalue weighted by molar-refractivity contribution is 7.89.